The first kappa shape index (κ1) is 19.0. The second-order valence-corrected chi connectivity index (χ2v) is 7.23. The molecule has 0 fully saturated rings. The molecule has 0 bridgehead atoms. The van der Waals surface area contributed by atoms with Crippen molar-refractivity contribution in [2.75, 3.05) is 10.2 Å². The maximum absolute atomic E-state index is 5.21. The summed E-state index contributed by atoms with van der Waals surface area (Å²) in [6, 6.07) is 22.2. The lowest BCUT2D eigenvalue weighted by Crippen LogP contribution is -2.37. The number of anilines is 3. The average Bonchev–Trinajstić information content (AvgIpc) is 2.74. The van der Waals surface area contributed by atoms with Crippen molar-refractivity contribution in [1.82, 2.24) is 4.98 Å². The third-order valence-corrected chi connectivity index (χ3v) is 5.07. The summed E-state index contributed by atoms with van der Waals surface area (Å²) in [6.45, 7) is 8.25. The Balaban J connectivity index is 1.94. The average molecular weight is 399 g/mol. The fourth-order valence-electron chi connectivity index (χ4n) is 3.52. The van der Waals surface area contributed by atoms with Crippen molar-refractivity contribution in [2.24, 2.45) is 4.99 Å². The maximum Gasteiger partial charge on any atom is 0.147 e. The van der Waals surface area contributed by atoms with E-state index in [2.05, 4.69) is 35.9 Å². The highest BCUT2D eigenvalue weighted by molar-refractivity contribution is 7.79. The second kappa shape index (κ2) is 7.97. The number of rotatable bonds is 4. The minimum absolute atomic E-state index is 0.137. The van der Waals surface area contributed by atoms with E-state index in [0.29, 0.717) is 0 Å². The Labute approximate surface area is 176 Å². The van der Waals surface area contributed by atoms with Gasteiger partial charge in [0, 0.05) is 16.7 Å². The summed E-state index contributed by atoms with van der Waals surface area (Å²) >= 11 is 5.21. The quantitative estimate of drug-likeness (QED) is 0.562. The molecule has 0 amide bonds. The molecule has 0 aliphatic carbocycles. The predicted molar refractivity (Wildman–Crippen MR) is 126 cm³/mol. The third kappa shape index (κ3) is 3.69. The number of fused-ring (bicyclic) bond motifs is 1. The molecular formula is C24H22N4S. The minimum atomic E-state index is -0.137. The van der Waals surface area contributed by atoms with Crippen LogP contribution in [0.1, 0.15) is 30.7 Å². The molecule has 3 aromatic rings. The van der Waals surface area contributed by atoms with Gasteiger partial charge in [-0.15, -0.1) is 0 Å². The standard InChI is InChI=1S/C24H22N4S/c1-16(2)21-14-19(15-29)27-24-22(21)23(26-18-10-6-4-7-11-18)25-17(3)28(24)20-12-8-5-9-13-20/h4-15,17H,1H2,2-3H3,(H,25,26). The number of thiocarbonyl (C=S) groups is 1. The van der Waals surface area contributed by atoms with Gasteiger partial charge in [-0.25, -0.2) is 9.98 Å². The topological polar surface area (TPSA) is 40.5 Å². The number of aliphatic imine (C=N–C) groups is 1. The molecule has 1 aromatic heterocycles. The first-order valence-corrected chi connectivity index (χ1v) is 9.96. The number of benzene rings is 2. The Kier molecular flexibility index (Phi) is 5.23. The second-order valence-electron chi connectivity index (χ2n) is 7.00. The van der Waals surface area contributed by atoms with E-state index in [4.69, 9.17) is 22.2 Å². The van der Waals surface area contributed by atoms with Crippen LogP contribution in [0.4, 0.5) is 17.2 Å². The third-order valence-electron chi connectivity index (χ3n) is 4.83. The lowest BCUT2D eigenvalue weighted by atomic mass is 9.98. The Morgan fingerprint density at radius 1 is 1.10 bits per heavy atom. The number of hydrogen-bond donors (Lipinski definition) is 1. The molecule has 29 heavy (non-hydrogen) atoms. The van der Waals surface area contributed by atoms with Gasteiger partial charge in [-0.3, -0.25) is 0 Å². The van der Waals surface area contributed by atoms with Crippen LogP contribution in [0.2, 0.25) is 0 Å². The molecule has 0 radical (unpaired) electrons. The number of allylic oxidation sites excluding steroid dienone is 1. The van der Waals surface area contributed by atoms with E-state index in [1.165, 1.54) is 0 Å². The van der Waals surface area contributed by atoms with Crippen molar-refractivity contribution in [2.45, 2.75) is 20.0 Å². The van der Waals surface area contributed by atoms with Crippen LogP contribution >= 0.6 is 12.2 Å². The zero-order valence-corrected chi connectivity index (χ0v) is 17.3. The summed E-state index contributed by atoms with van der Waals surface area (Å²) in [6.07, 6.45) is -0.137. The number of para-hydroxylation sites is 2. The van der Waals surface area contributed by atoms with Crippen molar-refractivity contribution >= 4 is 46.2 Å². The van der Waals surface area contributed by atoms with Crippen LogP contribution in [0.15, 0.2) is 78.3 Å². The molecule has 0 spiro atoms. The molecule has 2 aromatic carbocycles. The molecular weight excluding hydrogens is 376 g/mol. The summed E-state index contributed by atoms with van der Waals surface area (Å²) in [7, 11) is 0. The highest BCUT2D eigenvalue weighted by Gasteiger charge is 2.31. The van der Waals surface area contributed by atoms with Gasteiger partial charge in [-0.2, -0.15) is 0 Å². The van der Waals surface area contributed by atoms with Crippen molar-refractivity contribution in [3.8, 4) is 0 Å². The molecule has 144 valence electrons. The van der Waals surface area contributed by atoms with E-state index in [1.807, 2.05) is 61.5 Å². The normalized spacial score (nSPS) is 15.3. The zero-order valence-electron chi connectivity index (χ0n) is 16.5. The minimum Gasteiger partial charge on any atom is -0.340 e. The van der Waals surface area contributed by atoms with Gasteiger partial charge < -0.3 is 10.2 Å². The predicted octanol–water partition coefficient (Wildman–Crippen LogP) is 5.82. The summed E-state index contributed by atoms with van der Waals surface area (Å²) in [4.78, 5) is 12.0. The van der Waals surface area contributed by atoms with Gasteiger partial charge in [0.2, 0.25) is 0 Å². The summed E-state index contributed by atoms with van der Waals surface area (Å²) in [5.41, 5.74) is 5.61. The number of amidine groups is 1. The SMILES string of the molecule is C=C(C)c1cc(C=S)nc2c1C(Nc1ccccc1)=NC(C)N2c1ccccc1. The molecule has 4 nitrogen and oxygen atoms in total. The largest absolute Gasteiger partial charge is 0.340 e. The van der Waals surface area contributed by atoms with Crippen molar-refractivity contribution in [3.63, 3.8) is 0 Å². The first-order chi connectivity index (χ1) is 14.1. The fraction of sp³-hybridized carbons (Fsp3) is 0.125. The molecule has 4 rings (SSSR count). The van der Waals surface area contributed by atoms with Crippen LogP contribution in [-0.2, 0) is 0 Å². The monoisotopic (exact) mass is 398 g/mol. The van der Waals surface area contributed by atoms with Gasteiger partial charge in [0.1, 0.15) is 17.8 Å². The first-order valence-electron chi connectivity index (χ1n) is 9.49. The number of pyridine rings is 1. The van der Waals surface area contributed by atoms with E-state index >= 15 is 0 Å². The molecule has 0 saturated heterocycles. The van der Waals surface area contributed by atoms with Crippen molar-refractivity contribution < 1.29 is 0 Å². The lowest BCUT2D eigenvalue weighted by Gasteiger charge is -2.35. The van der Waals surface area contributed by atoms with E-state index in [9.17, 15) is 0 Å². The van der Waals surface area contributed by atoms with E-state index in [1.54, 1.807) is 5.37 Å². The lowest BCUT2D eigenvalue weighted by molar-refractivity contribution is 0.732. The zero-order chi connectivity index (χ0) is 20.4. The van der Waals surface area contributed by atoms with Gasteiger partial charge in [-0.1, -0.05) is 60.8 Å². The van der Waals surface area contributed by atoms with Crippen LogP contribution in [0.5, 0.6) is 0 Å². The van der Waals surface area contributed by atoms with Crippen molar-refractivity contribution in [1.29, 1.82) is 0 Å². The molecule has 1 aliphatic rings. The summed E-state index contributed by atoms with van der Waals surface area (Å²) in [5, 5.41) is 5.09. The summed E-state index contributed by atoms with van der Waals surface area (Å²) in [5.74, 6) is 1.61. The van der Waals surface area contributed by atoms with Gasteiger partial charge >= 0.3 is 0 Å². The van der Waals surface area contributed by atoms with Crippen LogP contribution in [-0.4, -0.2) is 22.4 Å². The van der Waals surface area contributed by atoms with Crippen LogP contribution in [0, 0.1) is 0 Å². The Bertz CT molecular complexity index is 1090. The van der Waals surface area contributed by atoms with Crippen molar-refractivity contribution in [3.05, 3.63) is 90.1 Å². The number of aromatic nitrogens is 1. The Morgan fingerprint density at radius 2 is 1.76 bits per heavy atom. The molecule has 1 unspecified atom stereocenters. The molecule has 1 atom stereocenters. The number of nitrogens with one attached hydrogen (secondary N) is 1. The highest BCUT2D eigenvalue weighted by Crippen LogP contribution is 2.37. The molecule has 5 heteroatoms. The molecule has 1 aliphatic heterocycles. The number of hydrogen-bond acceptors (Lipinski definition) is 5. The van der Waals surface area contributed by atoms with Crippen LogP contribution < -0.4 is 10.2 Å². The number of nitrogens with zero attached hydrogens (tertiary/aromatic N) is 3. The van der Waals surface area contributed by atoms with E-state index in [0.717, 1.165) is 45.4 Å². The molecule has 1 N–H and O–H groups in total. The Hall–Kier alpha value is -3.31. The molecule has 0 saturated carbocycles. The maximum atomic E-state index is 5.21. The van der Waals surface area contributed by atoms with Crippen LogP contribution in [0.25, 0.3) is 5.57 Å². The smallest absolute Gasteiger partial charge is 0.147 e. The molecule has 2 heterocycles. The fourth-order valence-corrected chi connectivity index (χ4v) is 3.64. The van der Waals surface area contributed by atoms with Crippen LogP contribution in [0.3, 0.4) is 0 Å². The van der Waals surface area contributed by atoms with Gasteiger partial charge in [0.05, 0.1) is 11.3 Å². The van der Waals surface area contributed by atoms with E-state index < -0.39 is 0 Å². The summed E-state index contributed by atoms with van der Waals surface area (Å²) < 4.78 is 0. The van der Waals surface area contributed by atoms with Gasteiger partial charge in [0.15, 0.2) is 0 Å². The van der Waals surface area contributed by atoms with E-state index in [-0.39, 0.29) is 6.17 Å². The van der Waals surface area contributed by atoms with Gasteiger partial charge in [-0.05, 0) is 49.7 Å². The van der Waals surface area contributed by atoms with Gasteiger partial charge in [0.25, 0.3) is 0 Å². The Morgan fingerprint density at radius 3 is 2.38 bits per heavy atom. The highest BCUT2D eigenvalue weighted by atomic mass is 32.1.